The van der Waals surface area contributed by atoms with Gasteiger partial charge in [0.2, 0.25) is 0 Å². The Kier molecular flexibility index (Phi) is 11.6. The largest absolute Gasteiger partial charge is 0.460 e. The molecule has 0 rings (SSSR count). The molecule has 0 atom stereocenters. The minimum atomic E-state index is -0.460. The lowest BCUT2D eigenvalue weighted by atomic mass is 10.2. The number of rotatable bonds is 12. The number of hydrogen-bond donors (Lipinski definition) is 0. The molecule has 0 amide bonds. The number of ether oxygens (including phenoxy) is 4. The lowest BCUT2D eigenvalue weighted by Crippen LogP contribution is -2.24. The molecule has 0 aliphatic carbocycles. The van der Waals surface area contributed by atoms with Gasteiger partial charge in [-0.05, 0) is 26.3 Å². The highest BCUT2D eigenvalue weighted by atomic mass is 16.6. The summed E-state index contributed by atoms with van der Waals surface area (Å²) in [6.45, 7) is 8.27. The highest BCUT2D eigenvalue weighted by molar-refractivity contribution is 5.69. The second-order valence-electron chi connectivity index (χ2n) is 5.13. The van der Waals surface area contributed by atoms with Crippen molar-refractivity contribution in [3.05, 3.63) is 10.4 Å². The Morgan fingerprint density at radius 3 is 2.05 bits per heavy atom. The zero-order chi connectivity index (χ0) is 16.0. The molecule has 0 fully saturated rings. The molecule has 8 heteroatoms. The Morgan fingerprint density at radius 1 is 1.00 bits per heavy atom. The summed E-state index contributed by atoms with van der Waals surface area (Å²) in [5.41, 5.74) is 7.58. The number of nitrogens with zero attached hydrogens (tertiary/aromatic N) is 3. The van der Waals surface area contributed by atoms with Crippen LogP contribution in [0.4, 0.5) is 0 Å². The summed E-state index contributed by atoms with van der Waals surface area (Å²) in [5.74, 6) is -0.267. The van der Waals surface area contributed by atoms with Crippen molar-refractivity contribution in [2.24, 2.45) is 5.11 Å². The molecule has 0 saturated heterocycles. The summed E-state index contributed by atoms with van der Waals surface area (Å²) in [7, 11) is 0. The van der Waals surface area contributed by atoms with Crippen molar-refractivity contribution < 1.29 is 23.7 Å². The van der Waals surface area contributed by atoms with Gasteiger partial charge in [-0.2, -0.15) is 0 Å². The molecule has 0 spiro atoms. The standard InChI is InChI=1S/C13H25N3O5/c1-13(2,3)21-12(17)4-6-18-8-10-20-11-9-19-7-5-15-16-14/h4-11H2,1-3H3. The number of carbonyl (C=O) groups excluding carboxylic acids is 1. The van der Waals surface area contributed by atoms with Gasteiger partial charge < -0.3 is 18.9 Å². The van der Waals surface area contributed by atoms with E-state index in [1.165, 1.54) is 0 Å². The maximum atomic E-state index is 11.4. The second kappa shape index (κ2) is 12.4. The zero-order valence-corrected chi connectivity index (χ0v) is 13.0. The van der Waals surface area contributed by atoms with Crippen LogP contribution in [0.2, 0.25) is 0 Å². The van der Waals surface area contributed by atoms with Crippen LogP contribution in [0.3, 0.4) is 0 Å². The summed E-state index contributed by atoms with van der Waals surface area (Å²) in [5, 5.41) is 3.33. The number of hydrogen-bond acceptors (Lipinski definition) is 6. The van der Waals surface area contributed by atoms with Crippen LogP contribution in [-0.4, -0.2) is 57.8 Å². The van der Waals surface area contributed by atoms with Crippen LogP contribution < -0.4 is 0 Å². The Labute approximate surface area is 125 Å². The van der Waals surface area contributed by atoms with Crippen molar-refractivity contribution in [2.45, 2.75) is 32.8 Å². The highest BCUT2D eigenvalue weighted by Crippen LogP contribution is 2.07. The van der Waals surface area contributed by atoms with Crippen LogP contribution >= 0.6 is 0 Å². The van der Waals surface area contributed by atoms with Crippen LogP contribution in [0.1, 0.15) is 27.2 Å². The predicted octanol–water partition coefficient (Wildman–Crippen LogP) is 2.08. The molecule has 0 aromatic carbocycles. The van der Waals surface area contributed by atoms with Crippen LogP contribution in [0.15, 0.2) is 5.11 Å². The number of carbonyl (C=O) groups is 1. The van der Waals surface area contributed by atoms with Gasteiger partial charge in [-0.25, -0.2) is 0 Å². The third kappa shape index (κ3) is 16.6. The van der Waals surface area contributed by atoms with Gasteiger partial charge in [0.05, 0.1) is 46.1 Å². The third-order valence-electron chi connectivity index (χ3n) is 2.01. The molecule has 122 valence electrons. The normalized spacial score (nSPS) is 11.0. The first-order chi connectivity index (χ1) is 9.95. The van der Waals surface area contributed by atoms with E-state index in [4.69, 9.17) is 24.5 Å². The van der Waals surface area contributed by atoms with Gasteiger partial charge in [0, 0.05) is 11.5 Å². The fourth-order valence-corrected chi connectivity index (χ4v) is 1.24. The fourth-order valence-electron chi connectivity index (χ4n) is 1.24. The van der Waals surface area contributed by atoms with Crippen LogP contribution in [-0.2, 0) is 23.7 Å². The monoisotopic (exact) mass is 303 g/mol. The molecule has 0 aromatic heterocycles. The Balaban J connectivity index is 3.22. The van der Waals surface area contributed by atoms with Gasteiger partial charge in [0.1, 0.15) is 5.60 Å². The third-order valence-corrected chi connectivity index (χ3v) is 2.01. The SMILES string of the molecule is CC(C)(C)OC(=O)CCOCCOCCOCCN=[N+]=[N-]. The van der Waals surface area contributed by atoms with E-state index in [9.17, 15) is 4.79 Å². The fraction of sp³-hybridized carbons (Fsp3) is 0.923. The topological polar surface area (TPSA) is 103 Å². The van der Waals surface area contributed by atoms with Crippen molar-refractivity contribution >= 4 is 5.97 Å². The predicted molar refractivity (Wildman–Crippen MR) is 76.9 cm³/mol. The Hall–Kier alpha value is -1.34. The summed E-state index contributed by atoms with van der Waals surface area (Å²) in [4.78, 5) is 14.0. The molecule has 21 heavy (non-hydrogen) atoms. The smallest absolute Gasteiger partial charge is 0.308 e. The van der Waals surface area contributed by atoms with Crippen molar-refractivity contribution in [3.63, 3.8) is 0 Å². The molecule has 0 bridgehead atoms. The summed E-state index contributed by atoms with van der Waals surface area (Å²) in [6.07, 6.45) is 0.236. The molecule has 0 aromatic rings. The Bertz CT molecular complexity index is 324. The minimum absolute atomic E-state index is 0.236. The van der Waals surface area contributed by atoms with Gasteiger partial charge in [0.25, 0.3) is 0 Å². The van der Waals surface area contributed by atoms with Crippen LogP contribution in [0.5, 0.6) is 0 Å². The minimum Gasteiger partial charge on any atom is -0.460 e. The molecular formula is C13H25N3O5. The molecule has 0 saturated carbocycles. The van der Waals surface area contributed by atoms with Gasteiger partial charge in [-0.1, -0.05) is 5.11 Å². The summed E-state index contributed by atoms with van der Waals surface area (Å²) in [6, 6.07) is 0. The molecule has 8 nitrogen and oxygen atoms in total. The zero-order valence-electron chi connectivity index (χ0n) is 13.0. The number of esters is 1. The van der Waals surface area contributed by atoms with Crippen LogP contribution in [0.25, 0.3) is 10.4 Å². The van der Waals surface area contributed by atoms with E-state index in [0.29, 0.717) is 46.2 Å². The van der Waals surface area contributed by atoms with Gasteiger partial charge >= 0.3 is 5.97 Å². The first-order valence-corrected chi connectivity index (χ1v) is 6.91. The first kappa shape index (κ1) is 19.7. The van der Waals surface area contributed by atoms with E-state index in [1.54, 1.807) is 0 Å². The maximum absolute atomic E-state index is 11.4. The molecule has 0 radical (unpaired) electrons. The van der Waals surface area contributed by atoms with E-state index in [1.807, 2.05) is 20.8 Å². The maximum Gasteiger partial charge on any atom is 0.308 e. The van der Waals surface area contributed by atoms with E-state index in [2.05, 4.69) is 10.0 Å². The van der Waals surface area contributed by atoms with Crippen molar-refractivity contribution in [1.29, 1.82) is 0 Å². The van der Waals surface area contributed by atoms with E-state index in [-0.39, 0.29) is 12.4 Å². The lowest BCUT2D eigenvalue weighted by Gasteiger charge is -2.19. The van der Waals surface area contributed by atoms with Crippen molar-refractivity contribution in [3.8, 4) is 0 Å². The number of azide groups is 1. The van der Waals surface area contributed by atoms with E-state index in [0.717, 1.165) is 0 Å². The van der Waals surface area contributed by atoms with E-state index >= 15 is 0 Å². The highest BCUT2D eigenvalue weighted by Gasteiger charge is 2.15. The van der Waals surface area contributed by atoms with Crippen molar-refractivity contribution in [1.82, 2.24) is 0 Å². The molecule has 0 N–H and O–H groups in total. The molecule has 0 aliphatic rings. The average Bonchev–Trinajstić information content (AvgIpc) is 2.38. The van der Waals surface area contributed by atoms with Crippen molar-refractivity contribution in [2.75, 3.05) is 46.2 Å². The quantitative estimate of drug-likeness (QED) is 0.180. The molecule has 0 aliphatic heterocycles. The summed E-state index contributed by atoms with van der Waals surface area (Å²) < 4.78 is 20.8. The first-order valence-electron chi connectivity index (χ1n) is 6.91. The second-order valence-corrected chi connectivity index (χ2v) is 5.13. The van der Waals surface area contributed by atoms with Gasteiger partial charge in [-0.3, -0.25) is 4.79 Å². The van der Waals surface area contributed by atoms with E-state index < -0.39 is 5.60 Å². The van der Waals surface area contributed by atoms with Gasteiger partial charge in [-0.15, -0.1) is 0 Å². The lowest BCUT2D eigenvalue weighted by molar-refractivity contribution is -0.156. The van der Waals surface area contributed by atoms with Gasteiger partial charge in [0.15, 0.2) is 0 Å². The summed E-state index contributed by atoms with van der Waals surface area (Å²) >= 11 is 0. The molecule has 0 heterocycles. The molecular weight excluding hydrogens is 278 g/mol. The molecule has 0 unspecified atom stereocenters. The van der Waals surface area contributed by atoms with Crippen LogP contribution in [0, 0.1) is 0 Å². The average molecular weight is 303 g/mol. The Morgan fingerprint density at radius 2 is 1.52 bits per heavy atom.